The van der Waals surface area contributed by atoms with Crippen molar-refractivity contribution in [3.8, 4) is 34.3 Å². The van der Waals surface area contributed by atoms with Gasteiger partial charge in [-0.05, 0) is 42.0 Å². The van der Waals surface area contributed by atoms with Crippen molar-refractivity contribution in [1.82, 2.24) is 10.1 Å². The molecule has 4 aromatic rings. The van der Waals surface area contributed by atoms with E-state index in [1.165, 1.54) is 0 Å². The smallest absolute Gasteiger partial charge is 0.256 e. The van der Waals surface area contributed by atoms with Gasteiger partial charge in [0.25, 0.3) is 5.91 Å². The van der Waals surface area contributed by atoms with Gasteiger partial charge in [-0.1, -0.05) is 35.0 Å². The third-order valence-electron chi connectivity index (χ3n) is 5.79. The van der Waals surface area contributed by atoms with Crippen molar-refractivity contribution >= 4 is 17.5 Å². The minimum Gasteiger partial charge on any atom is -0.497 e. The second-order valence-electron chi connectivity index (χ2n) is 8.08. The Morgan fingerprint density at radius 1 is 0.972 bits per heavy atom. The Balaban J connectivity index is 1.44. The number of hydrogen-bond acceptors (Lipinski definition) is 7. The molecule has 5 rings (SSSR count). The normalized spacial score (nSPS) is 11.9. The summed E-state index contributed by atoms with van der Waals surface area (Å²) in [6.45, 7) is 0.673. The number of hydrogen-bond donors (Lipinski definition) is 0. The number of ether oxygens (including phenoxy) is 4. The Morgan fingerprint density at radius 3 is 2.61 bits per heavy atom. The summed E-state index contributed by atoms with van der Waals surface area (Å²) in [5.41, 5.74) is 2.57. The molecule has 0 N–H and O–H groups in total. The van der Waals surface area contributed by atoms with E-state index >= 15 is 0 Å². The van der Waals surface area contributed by atoms with E-state index in [4.69, 9.17) is 35.1 Å². The molecule has 0 saturated carbocycles. The number of amides is 1. The Kier molecular flexibility index (Phi) is 6.69. The van der Waals surface area contributed by atoms with Gasteiger partial charge in [0, 0.05) is 18.7 Å². The van der Waals surface area contributed by atoms with Gasteiger partial charge in [0.1, 0.15) is 17.2 Å². The number of fused-ring (bicyclic) bond motifs is 1. The first kappa shape index (κ1) is 23.6. The number of halogens is 1. The second kappa shape index (κ2) is 10.2. The molecule has 0 unspecified atom stereocenters. The van der Waals surface area contributed by atoms with Crippen molar-refractivity contribution in [3.63, 3.8) is 0 Å². The lowest BCUT2D eigenvalue weighted by molar-refractivity contribution is 0.0726. The van der Waals surface area contributed by atoms with Crippen LogP contribution >= 0.6 is 11.6 Å². The number of benzene rings is 3. The van der Waals surface area contributed by atoms with Crippen LogP contribution in [0.25, 0.3) is 11.3 Å². The summed E-state index contributed by atoms with van der Waals surface area (Å²) in [6, 6.07) is 19.8. The number of nitrogens with zero attached hydrogens (tertiary/aromatic N) is 2. The van der Waals surface area contributed by atoms with E-state index in [0.29, 0.717) is 51.6 Å². The fourth-order valence-corrected chi connectivity index (χ4v) is 4.19. The first-order valence-corrected chi connectivity index (χ1v) is 11.5. The molecule has 0 saturated heterocycles. The summed E-state index contributed by atoms with van der Waals surface area (Å²) < 4.78 is 27.3. The van der Waals surface area contributed by atoms with Crippen molar-refractivity contribution < 1.29 is 28.3 Å². The third kappa shape index (κ3) is 4.81. The largest absolute Gasteiger partial charge is 0.497 e. The molecule has 36 heavy (non-hydrogen) atoms. The molecule has 1 amide bonds. The Morgan fingerprint density at radius 2 is 1.81 bits per heavy atom. The molecule has 184 valence electrons. The number of aromatic nitrogens is 1. The molecule has 0 atom stereocenters. The van der Waals surface area contributed by atoms with E-state index in [0.717, 1.165) is 11.1 Å². The molecule has 1 aliphatic heterocycles. The molecule has 2 heterocycles. The van der Waals surface area contributed by atoms with Gasteiger partial charge in [-0.2, -0.15) is 0 Å². The van der Waals surface area contributed by atoms with Crippen LogP contribution in [0.2, 0.25) is 5.02 Å². The molecular formula is C27H23ClN2O6. The molecule has 0 fully saturated rings. The fourth-order valence-electron chi connectivity index (χ4n) is 3.98. The standard InChI is InChI=1S/C27H23ClN2O6/c1-32-19-8-9-21(24(13-19)33-2)25-12-18(29-36-25)15-30(27(31)20-5-3-4-6-22(20)28)14-17-7-10-23-26(11-17)35-16-34-23/h3-13H,14-16H2,1-2H3. The van der Waals surface area contributed by atoms with Crippen LogP contribution in [0.4, 0.5) is 0 Å². The van der Waals surface area contributed by atoms with Gasteiger partial charge < -0.3 is 28.4 Å². The van der Waals surface area contributed by atoms with Crippen LogP contribution in [0.15, 0.2) is 71.3 Å². The first-order valence-electron chi connectivity index (χ1n) is 11.2. The van der Waals surface area contributed by atoms with Crippen LogP contribution in [-0.2, 0) is 13.1 Å². The molecule has 0 aliphatic carbocycles. The van der Waals surface area contributed by atoms with E-state index in [-0.39, 0.29) is 19.2 Å². The molecular weight excluding hydrogens is 484 g/mol. The summed E-state index contributed by atoms with van der Waals surface area (Å²) >= 11 is 6.35. The zero-order valence-corrected chi connectivity index (χ0v) is 20.4. The molecule has 0 radical (unpaired) electrons. The van der Waals surface area contributed by atoms with Crippen molar-refractivity contribution in [2.75, 3.05) is 21.0 Å². The van der Waals surface area contributed by atoms with Crippen LogP contribution in [0.5, 0.6) is 23.0 Å². The summed E-state index contributed by atoms with van der Waals surface area (Å²) in [7, 11) is 3.16. The second-order valence-corrected chi connectivity index (χ2v) is 8.48. The average molecular weight is 507 g/mol. The molecule has 9 heteroatoms. The van der Waals surface area contributed by atoms with Crippen molar-refractivity contribution in [1.29, 1.82) is 0 Å². The fraction of sp³-hybridized carbons (Fsp3) is 0.185. The van der Waals surface area contributed by atoms with Crippen LogP contribution in [0, 0.1) is 0 Å². The quantitative estimate of drug-likeness (QED) is 0.308. The maximum Gasteiger partial charge on any atom is 0.256 e. The van der Waals surface area contributed by atoms with E-state index in [2.05, 4.69) is 5.16 Å². The number of carbonyl (C=O) groups is 1. The number of carbonyl (C=O) groups excluding carboxylic acids is 1. The highest BCUT2D eigenvalue weighted by Crippen LogP contribution is 2.35. The Hall–Kier alpha value is -4.17. The van der Waals surface area contributed by atoms with Crippen LogP contribution in [0.3, 0.4) is 0 Å². The molecule has 3 aromatic carbocycles. The van der Waals surface area contributed by atoms with Crippen LogP contribution in [0.1, 0.15) is 21.6 Å². The minimum absolute atomic E-state index is 0.178. The van der Waals surface area contributed by atoms with E-state index < -0.39 is 0 Å². The van der Waals surface area contributed by atoms with Crippen LogP contribution < -0.4 is 18.9 Å². The Bertz CT molecular complexity index is 1400. The van der Waals surface area contributed by atoms with Crippen molar-refractivity contribution in [2.24, 2.45) is 0 Å². The number of rotatable bonds is 8. The number of methoxy groups -OCH3 is 2. The molecule has 8 nitrogen and oxygen atoms in total. The van der Waals surface area contributed by atoms with Gasteiger partial charge in [0.15, 0.2) is 17.3 Å². The molecule has 1 aliphatic rings. The summed E-state index contributed by atoms with van der Waals surface area (Å²) in [4.78, 5) is 15.2. The van der Waals surface area contributed by atoms with Crippen molar-refractivity contribution in [2.45, 2.75) is 13.1 Å². The summed E-state index contributed by atoms with van der Waals surface area (Å²) in [5, 5.41) is 4.59. The lowest BCUT2D eigenvalue weighted by atomic mass is 10.1. The highest BCUT2D eigenvalue weighted by Gasteiger charge is 2.23. The summed E-state index contributed by atoms with van der Waals surface area (Å²) in [6.07, 6.45) is 0. The zero-order valence-electron chi connectivity index (χ0n) is 19.7. The lowest BCUT2D eigenvalue weighted by Crippen LogP contribution is -2.30. The first-order chi connectivity index (χ1) is 17.6. The van der Waals surface area contributed by atoms with E-state index in [1.54, 1.807) is 55.5 Å². The Labute approximate surface area is 212 Å². The maximum absolute atomic E-state index is 13.5. The molecule has 0 spiro atoms. The predicted molar refractivity (Wildman–Crippen MR) is 133 cm³/mol. The minimum atomic E-state index is -0.232. The third-order valence-corrected chi connectivity index (χ3v) is 6.12. The van der Waals surface area contributed by atoms with Gasteiger partial charge >= 0.3 is 0 Å². The molecule has 1 aromatic heterocycles. The topological polar surface area (TPSA) is 83.3 Å². The van der Waals surface area contributed by atoms with E-state index in [9.17, 15) is 4.79 Å². The predicted octanol–water partition coefficient (Wildman–Crippen LogP) is 5.58. The SMILES string of the molecule is COc1ccc(-c2cc(CN(Cc3ccc4c(c3)OCO4)C(=O)c3ccccc3Cl)no2)c(OC)c1. The average Bonchev–Trinajstić information content (AvgIpc) is 3.57. The highest BCUT2D eigenvalue weighted by molar-refractivity contribution is 6.33. The van der Waals surface area contributed by atoms with Gasteiger partial charge in [0.05, 0.1) is 36.9 Å². The van der Waals surface area contributed by atoms with E-state index in [1.807, 2.05) is 30.3 Å². The van der Waals surface area contributed by atoms with Gasteiger partial charge in [-0.3, -0.25) is 4.79 Å². The van der Waals surface area contributed by atoms with Gasteiger partial charge in [0.2, 0.25) is 6.79 Å². The van der Waals surface area contributed by atoms with Crippen LogP contribution in [-0.4, -0.2) is 37.0 Å². The monoisotopic (exact) mass is 506 g/mol. The van der Waals surface area contributed by atoms with Crippen molar-refractivity contribution in [3.05, 3.63) is 88.6 Å². The van der Waals surface area contributed by atoms with Gasteiger partial charge in [-0.15, -0.1) is 0 Å². The zero-order chi connectivity index (χ0) is 25.1. The van der Waals surface area contributed by atoms with Gasteiger partial charge in [-0.25, -0.2) is 0 Å². The highest BCUT2D eigenvalue weighted by atomic mass is 35.5. The maximum atomic E-state index is 13.5. The summed E-state index contributed by atoms with van der Waals surface area (Å²) in [5.74, 6) is 2.85. The molecule has 0 bridgehead atoms. The lowest BCUT2D eigenvalue weighted by Gasteiger charge is -2.22.